The largest absolute Gasteiger partial charge is 0.491 e. The molecule has 3 rings (SSSR count). The summed E-state index contributed by atoms with van der Waals surface area (Å²) in [7, 11) is 0. The van der Waals surface area contributed by atoms with Crippen LogP contribution < -0.4 is 4.74 Å². The van der Waals surface area contributed by atoms with Crippen molar-refractivity contribution in [3.05, 3.63) is 60.4 Å². The Labute approximate surface area is 130 Å². The summed E-state index contributed by atoms with van der Waals surface area (Å²) >= 11 is 0. The number of benzene rings is 2. The quantitative estimate of drug-likeness (QED) is 0.627. The number of hydrogen-bond acceptors (Lipinski definition) is 3. The van der Waals surface area contributed by atoms with E-state index in [9.17, 15) is 0 Å². The molecule has 0 atom stereocenters. The molecule has 0 aliphatic heterocycles. The van der Waals surface area contributed by atoms with Gasteiger partial charge in [-0.15, -0.1) is 0 Å². The van der Waals surface area contributed by atoms with Gasteiger partial charge in [-0.1, -0.05) is 30.3 Å². The van der Waals surface area contributed by atoms with Gasteiger partial charge in [-0.05, 0) is 30.7 Å². The molecule has 0 saturated carbocycles. The summed E-state index contributed by atoms with van der Waals surface area (Å²) in [6.45, 7) is 4.64. The van der Waals surface area contributed by atoms with Gasteiger partial charge in [0.1, 0.15) is 12.4 Å². The van der Waals surface area contributed by atoms with Crippen LogP contribution in [0.3, 0.4) is 0 Å². The standard InChI is InChI=1S/C18H20N2O2/c1-15-6-2-5-9-18(15)22-13-12-21-11-10-20-14-19-16-7-3-4-8-17(16)20/h2-9,14H,10-13H2,1H3. The lowest BCUT2D eigenvalue weighted by Crippen LogP contribution is -2.11. The highest BCUT2D eigenvalue weighted by atomic mass is 16.5. The van der Waals surface area contributed by atoms with Gasteiger partial charge in [0.2, 0.25) is 0 Å². The van der Waals surface area contributed by atoms with Crippen LogP contribution in [0.15, 0.2) is 54.9 Å². The maximum absolute atomic E-state index is 5.70. The maximum atomic E-state index is 5.70. The van der Waals surface area contributed by atoms with Crippen molar-refractivity contribution < 1.29 is 9.47 Å². The van der Waals surface area contributed by atoms with E-state index >= 15 is 0 Å². The first-order valence-electron chi connectivity index (χ1n) is 7.50. The molecule has 0 fully saturated rings. The van der Waals surface area contributed by atoms with E-state index in [1.165, 1.54) is 0 Å². The zero-order chi connectivity index (χ0) is 15.2. The fraction of sp³-hybridized carbons (Fsp3) is 0.278. The molecule has 4 heteroatoms. The summed E-state index contributed by atoms with van der Waals surface area (Å²) in [5.41, 5.74) is 3.31. The van der Waals surface area contributed by atoms with Crippen molar-refractivity contribution in [1.82, 2.24) is 9.55 Å². The number of aromatic nitrogens is 2. The van der Waals surface area contributed by atoms with Crippen molar-refractivity contribution in [3.8, 4) is 5.75 Å². The van der Waals surface area contributed by atoms with E-state index in [1.54, 1.807) is 0 Å². The van der Waals surface area contributed by atoms with Crippen LogP contribution in [-0.4, -0.2) is 29.4 Å². The molecule has 2 aromatic carbocycles. The second-order valence-electron chi connectivity index (χ2n) is 5.15. The fourth-order valence-corrected chi connectivity index (χ4v) is 2.38. The van der Waals surface area contributed by atoms with Gasteiger partial charge in [-0.3, -0.25) is 0 Å². The van der Waals surface area contributed by atoms with Gasteiger partial charge in [0.15, 0.2) is 0 Å². The maximum Gasteiger partial charge on any atom is 0.122 e. The first-order valence-corrected chi connectivity index (χ1v) is 7.50. The summed E-state index contributed by atoms with van der Waals surface area (Å²) in [6.07, 6.45) is 1.86. The van der Waals surface area contributed by atoms with Crippen LogP contribution in [0.1, 0.15) is 5.56 Å². The van der Waals surface area contributed by atoms with E-state index in [1.807, 2.05) is 55.7 Å². The molecule has 0 N–H and O–H groups in total. The van der Waals surface area contributed by atoms with Gasteiger partial charge >= 0.3 is 0 Å². The number of para-hydroxylation sites is 3. The smallest absolute Gasteiger partial charge is 0.122 e. The van der Waals surface area contributed by atoms with Gasteiger partial charge in [0.25, 0.3) is 0 Å². The number of nitrogens with zero attached hydrogens (tertiary/aromatic N) is 2. The lowest BCUT2D eigenvalue weighted by Gasteiger charge is -2.09. The van der Waals surface area contributed by atoms with Crippen molar-refractivity contribution in [1.29, 1.82) is 0 Å². The second-order valence-corrected chi connectivity index (χ2v) is 5.15. The Hall–Kier alpha value is -2.33. The Bertz CT molecular complexity index is 737. The molecule has 0 aliphatic rings. The molecule has 3 aromatic rings. The van der Waals surface area contributed by atoms with E-state index < -0.39 is 0 Å². The molecule has 0 saturated heterocycles. The number of fused-ring (bicyclic) bond motifs is 1. The van der Waals surface area contributed by atoms with Gasteiger partial charge in [0.05, 0.1) is 30.6 Å². The first kappa shape index (κ1) is 14.6. The third kappa shape index (κ3) is 3.46. The van der Waals surface area contributed by atoms with Crippen LogP contribution in [0.4, 0.5) is 0 Å². The van der Waals surface area contributed by atoms with E-state index in [0.717, 1.165) is 28.9 Å². The molecule has 1 heterocycles. The number of aryl methyl sites for hydroxylation is 1. The number of hydrogen-bond donors (Lipinski definition) is 0. The van der Waals surface area contributed by atoms with Crippen LogP contribution in [0, 0.1) is 6.92 Å². The van der Waals surface area contributed by atoms with E-state index in [2.05, 4.69) is 15.6 Å². The molecule has 0 radical (unpaired) electrons. The average Bonchev–Trinajstić information content (AvgIpc) is 2.96. The first-order chi connectivity index (χ1) is 10.8. The molecule has 0 unspecified atom stereocenters. The van der Waals surface area contributed by atoms with Crippen LogP contribution in [0.25, 0.3) is 11.0 Å². The number of rotatable bonds is 7. The van der Waals surface area contributed by atoms with Gasteiger partial charge in [0, 0.05) is 6.54 Å². The molecule has 1 aromatic heterocycles. The van der Waals surface area contributed by atoms with E-state index in [4.69, 9.17) is 9.47 Å². The van der Waals surface area contributed by atoms with Crippen LogP contribution in [0.2, 0.25) is 0 Å². The second kappa shape index (κ2) is 7.09. The molecule has 114 valence electrons. The van der Waals surface area contributed by atoms with E-state index in [0.29, 0.717) is 19.8 Å². The highest BCUT2D eigenvalue weighted by Crippen LogP contribution is 2.15. The van der Waals surface area contributed by atoms with Crippen LogP contribution in [0.5, 0.6) is 5.75 Å². The molecule has 0 spiro atoms. The fourth-order valence-electron chi connectivity index (χ4n) is 2.38. The zero-order valence-corrected chi connectivity index (χ0v) is 12.7. The zero-order valence-electron chi connectivity index (χ0n) is 12.7. The summed E-state index contributed by atoms with van der Waals surface area (Å²) in [6, 6.07) is 16.1. The minimum absolute atomic E-state index is 0.565. The Morgan fingerprint density at radius 1 is 0.955 bits per heavy atom. The number of imidazole rings is 1. The Kier molecular flexibility index (Phi) is 4.71. The monoisotopic (exact) mass is 296 g/mol. The van der Waals surface area contributed by atoms with Crippen molar-refractivity contribution in [2.75, 3.05) is 19.8 Å². The highest BCUT2D eigenvalue weighted by molar-refractivity contribution is 5.74. The summed E-state index contributed by atoms with van der Waals surface area (Å²) < 4.78 is 13.5. The van der Waals surface area contributed by atoms with Crippen LogP contribution in [-0.2, 0) is 11.3 Å². The Morgan fingerprint density at radius 2 is 1.77 bits per heavy atom. The molecule has 0 aliphatic carbocycles. The third-order valence-corrected chi connectivity index (χ3v) is 3.58. The third-order valence-electron chi connectivity index (χ3n) is 3.58. The molecular weight excluding hydrogens is 276 g/mol. The lowest BCUT2D eigenvalue weighted by molar-refractivity contribution is 0.0947. The van der Waals surface area contributed by atoms with Crippen molar-refractivity contribution in [3.63, 3.8) is 0 Å². The summed E-state index contributed by atoms with van der Waals surface area (Å²) in [5, 5.41) is 0. The highest BCUT2D eigenvalue weighted by Gasteiger charge is 2.01. The van der Waals surface area contributed by atoms with Crippen molar-refractivity contribution in [2.24, 2.45) is 0 Å². The molecule has 4 nitrogen and oxygen atoms in total. The topological polar surface area (TPSA) is 36.3 Å². The molecular formula is C18H20N2O2. The van der Waals surface area contributed by atoms with E-state index in [-0.39, 0.29) is 0 Å². The van der Waals surface area contributed by atoms with Gasteiger partial charge < -0.3 is 14.0 Å². The average molecular weight is 296 g/mol. The number of ether oxygens (including phenoxy) is 2. The van der Waals surface area contributed by atoms with Crippen molar-refractivity contribution in [2.45, 2.75) is 13.5 Å². The lowest BCUT2D eigenvalue weighted by atomic mass is 10.2. The van der Waals surface area contributed by atoms with Crippen molar-refractivity contribution >= 4 is 11.0 Å². The predicted octanol–water partition coefficient (Wildman–Crippen LogP) is 3.44. The predicted molar refractivity (Wildman–Crippen MR) is 87.2 cm³/mol. The van der Waals surface area contributed by atoms with Crippen LogP contribution >= 0.6 is 0 Å². The molecule has 0 amide bonds. The minimum atomic E-state index is 0.565. The molecule has 0 bridgehead atoms. The Morgan fingerprint density at radius 3 is 2.68 bits per heavy atom. The minimum Gasteiger partial charge on any atom is -0.491 e. The summed E-state index contributed by atoms with van der Waals surface area (Å²) in [5.74, 6) is 0.923. The Balaban J connectivity index is 1.40. The SMILES string of the molecule is Cc1ccccc1OCCOCCn1cnc2ccccc21. The van der Waals surface area contributed by atoms with Gasteiger partial charge in [-0.25, -0.2) is 4.98 Å². The normalized spacial score (nSPS) is 11.0. The summed E-state index contributed by atoms with van der Waals surface area (Å²) in [4.78, 5) is 4.37. The molecule has 22 heavy (non-hydrogen) atoms. The van der Waals surface area contributed by atoms with Gasteiger partial charge in [-0.2, -0.15) is 0 Å².